The van der Waals surface area contributed by atoms with Gasteiger partial charge in [-0.2, -0.15) is 5.10 Å². The van der Waals surface area contributed by atoms with E-state index < -0.39 is 11.0 Å². The Bertz CT molecular complexity index is 725. The number of rotatable bonds is 6. The molecule has 0 saturated carbocycles. The molecule has 1 saturated heterocycles. The molecule has 134 valence electrons. The number of nitrogens with zero attached hydrogens (tertiary/aromatic N) is 5. The Labute approximate surface area is 146 Å². The van der Waals surface area contributed by atoms with Crippen LogP contribution in [0, 0.1) is 17.0 Å². The minimum Gasteiger partial charge on any atom is -0.390 e. The van der Waals surface area contributed by atoms with E-state index in [1.165, 1.54) is 28.3 Å². The largest absolute Gasteiger partial charge is 0.390 e. The Morgan fingerprint density at radius 3 is 2.68 bits per heavy atom. The van der Waals surface area contributed by atoms with Crippen molar-refractivity contribution in [2.24, 2.45) is 0 Å². The predicted molar refractivity (Wildman–Crippen MR) is 94.7 cm³/mol. The van der Waals surface area contributed by atoms with Crippen molar-refractivity contribution in [3.63, 3.8) is 0 Å². The van der Waals surface area contributed by atoms with Crippen molar-refractivity contribution in [2.45, 2.75) is 19.6 Å². The Balaban J connectivity index is 1.47. The molecule has 2 aromatic rings. The van der Waals surface area contributed by atoms with E-state index in [4.69, 9.17) is 0 Å². The smallest absolute Gasteiger partial charge is 0.306 e. The van der Waals surface area contributed by atoms with Gasteiger partial charge in [0.15, 0.2) is 0 Å². The van der Waals surface area contributed by atoms with Gasteiger partial charge in [0.05, 0.1) is 17.6 Å². The third-order valence-corrected chi connectivity index (χ3v) is 4.44. The number of aromatic nitrogens is 2. The number of hydrogen-bond acceptors (Lipinski definition) is 6. The Morgan fingerprint density at radius 1 is 1.28 bits per heavy atom. The minimum atomic E-state index is -0.606. The first-order chi connectivity index (χ1) is 12.0. The fourth-order valence-corrected chi connectivity index (χ4v) is 3.13. The lowest BCUT2D eigenvalue weighted by Crippen LogP contribution is -2.49. The summed E-state index contributed by atoms with van der Waals surface area (Å²) in [6, 6.07) is 8.48. The number of nitro groups is 1. The van der Waals surface area contributed by atoms with E-state index >= 15 is 0 Å². The summed E-state index contributed by atoms with van der Waals surface area (Å²) in [5, 5.41) is 24.8. The zero-order valence-corrected chi connectivity index (χ0v) is 14.3. The molecule has 1 aliphatic heterocycles. The maximum Gasteiger partial charge on any atom is 0.306 e. The van der Waals surface area contributed by atoms with Gasteiger partial charge in [-0.3, -0.25) is 19.7 Å². The molecule has 0 spiro atoms. The number of aliphatic hydroxyl groups is 1. The zero-order chi connectivity index (χ0) is 17.8. The highest BCUT2D eigenvalue weighted by Gasteiger charge is 2.20. The third-order valence-electron chi connectivity index (χ3n) is 4.44. The minimum absolute atomic E-state index is 0.0565. The van der Waals surface area contributed by atoms with Gasteiger partial charge in [0, 0.05) is 38.4 Å². The molecule has 2 heterocycles. The number of anilines is 1. The first-order valence-electron chi connectivity index (χ1n) is 8.40. The van der Waals surface area contributed by atoms with Gasteiger partial charge in [-0.25, -0.2) is 0 Å². The summed E-state index contributed by atoms with van der Waals surface area (Å²) in [6.07, 6.45) is 1.94. The van der Waals surface area contributed by atoms with E-state index in [1.54, 1.807) is 0 Å². The summed E-state index contributed by atoms with van der Waals surface area (Å²) < 4.78 is 1.42. The third kappa shape index (κ3) is 4.55. The molecule has 1 fully saturated rings. The van der Waals surface area contributed by atoms with Crippen LogP contribution in [0.25, 0.3) is 0 Å². The van der Waals surface area contributed by atoms with Crippen molar-refractivity contribution in [2.75, 3.05) is 37.6 Å². The first kappa shape index (κ1) is 17.4. The van der Waals surface area contributed by atoms with Crippen LogP contribution in [0.2, 0.25) is 0 Å². The molecular weight excluding hydrogens is 322 g/mol. The highest BCUT2D eigenvalue weighted by Crippen LogP contribution is 2.18. The van der Waals surface area contributed by atoms with Crippen LogP contribution in [0.5, 0.6) is 0 Å². The van der Waals surface area contributed by atoms with Crippen molar-refractivity contribution in [1.29, 1.82) is 0 Å². The summed E-state index contributed by atoms with van der Waals surface area (Å²) in [5.74, 6) is 0. The molecule has 1 aromatic carbocycles. The van der Waals surface area contributed by atoms with Crippen LogP contribution in [-0.2, 0) is 6.54 Å². The van der Waals surface area contributed by atoms with Gasteiger partial charge in [0.25, 0.3) is 0 Å². The van der Waals surface area contributed by atoms with Gasteiger partial charge in [-0.1, -0.05) is 12.1 Å². The summed E-state index contributed by atoms with van der Waals surface area (Å²) in [5.41, 5.74) is 2.44. The van der Waals surface area contributed by atoms with Gasteiger partial charge in [0.1, 0.15) is 12.4 Å². The van der Waals surface area contributed by atoms with Crippen LogP contribution >= 0.6 is 0 Å². The van der Waals surface area contributed by atoms with Gasteiger partial charge in [0.2, 0.25) is 0 Å². The topological polar surface area (TPSA) is 87.7 Å². The standard InChI is InChI=1S/C17H23N5O3/c1-14-3-2-4-15(9-14)20-7-5-19(6-8-20)12-17(23)13-21-11-16(10-18-21)22(24)25/h2-4,9-11,17,23H,5-8,12-13H2,1H3. The van der Waals surface area contributed by atoms with Gasteiger partial charge >= 0.3 is 5.69 Å². The molecule has 1 unspecified atom stereocenters. The van der Waals surface area contributed by atoms with Crippen LogP contribution < -0.4 is 4.90 Å². The molecule has 1 N–H and O–H groups in total. The van der Waals surface area contributed by atoms with Crippen molar-refractivity contribution >= 4 is 11.4 Å². The zero-order valence-electron chi connectivity index (χ0n) is 14.3. The second kappa shape index (κ2) is 7.62. The molecular formula is C17H23N5O3. The molecule has 0 bridgehead atoms. The van der Waals surface area contributed by atoms with E-state index in [1.807, 2.05) is 0 Å². The molecule has 1 aliphatic rings. The van der Waals surface area contributed by atoms with Crippen LogP contribution in [0.1, 0.15) is 5.56 Å². The Hall–Kier alpha value is -2.45. The highest BCUT2D eigenvalue weighted by molar-refractivity contribution is 5.48. The van der Waals surface area contributed by atoms with Crippen LogP contribution in [0.3, 0.4) is 0 Å². The quantitative estimate of drug-likeness (QED) is 0.627. The number of β-amino-alcohol motifs (C(OH)–C–C–N with tert-alkyl or cyclic N) is 1. The molecule has 0 aliphatic carbocycles. The van der Waals surface area contributed by atoms with Crippen LogP contribution in [0.15, 0.2) is 36.7 Å². The monoisotopic (exact) mass is 345 g/mol. The van der Waals surface area contributed by atoms with Crippen LogP contribution in [-0.4, -0.2) is 63.5 Å². The van der Waals surface area contributed by atoms with Gasteiger partial charge in [-0.15, -0.1) is 0 Å². The molecule has 1 aromatic heterocycles. The molecule has 3 rings (SSSR count). The number of aryl methyl sites for hydroxylation is 1. The maximum absolute atomic E-state index is 10.7. The van der Waals surface area contributed by atoms with Crippen molar-refractivity contribution in [3.8, 4) is 0 Å². The second-order valence-electron chi connectivity index (χ2n) is 6.46. The van der Waals surface area contributed by atoms with Gasteiger partial charge < -0.3 is 10.0 Å². The average Bonchev–Trinajstić information content (AvgIpc) is 3.04. The molecule has 25 heavy (non-hydrogen) atoms. The summed E-state index contributed by atoms with van der Waals surface area (Å²) >= 11 is 0. The van der Waals surface area contributed by atoms with Crippen molar-refractivity contribution in [1.82, 2.24) is 14.7 Å². The maximum atomic E-state index is 10.7. The normalized spacial score (nSPS) is 16.8. The number of benzene rings is 1. The molecule has 1 atom stereocenters. The fraction of sp³-hybridized carbons (Fsp3) is 0.471. The fourth-order valence-electron chi connectivity index (χ4n) is 3.13. The summed E-state index contributed by atoms with van der Waals surface area (Å²) in [7, 11) is 0. The second-order valence-corrected chi connectivity index (χ2v) is 6.46. The van der Waals surface area contributed by atoms with Crippen molar-refractivity contribution in [3.05, 3.63) is 52.3 Å². The van der Waals surface area contributed by atoms with E-state index in [0.717, 1.165) is 26.2 Å². The first-order valence-corrected chi connectivity index (χ1v) is 8.40. The van der Waals surface area contributed by atoms with Crippen LogP contribution in [0.4, 0.5) is 11.4 Å². The summed E-state index contributed by atoms with van der Waals surface area (Å²) in [4.78, 5) is 14.7. The average molecular weight is 345 g/mol. The molecule has 8 heteroatoms. The predicted octanol–water partition coefficient (Wildman–Crippen LogP) is 1.28. The molecule has 8 nitrogen and oxygen atoms in total. The SMILES string of the molecule is Cc1cccc(N2CCN(CC(O)Cn3cc([N+](=O)[O-])cn3)CC2)c1. The van der Waals surface area contributed by atoms with E-state index in [0.29, 0.717) is 6.54 Å². The van der Waals surface area contributed by atoms with Gasteiger partial charge in [-0.05, 0) is 24.6 Å². The Kier molecular flexibility index (Phi) is 5.30. The van der Waals surface area contributed by atoms with Crippen molar-refractivity contribution < 1.29 is 10.0 Å². The van der Waals surface area contributed by atoms with E-state index in [9.17, 15) is 15.2 Å². The lowest BCUT2D eigenvalue weighted by molar-refractivity contribution is -0.385. The number of piperazine rings is 1. The lowest BCUT2D eigenvalue weighted by Gasteiger charge is -2.37. The number of hydrogen-bond donors (Lipinski definition) is 1. The highest BCUT2D eigenvalue weighted by atomic mass is 16.6. The summed E-state index contributed by atoms with van der Waals surface area (Å²) in [6.45, 7) is 6.48. The van der Waals surface area contributed by atoms with E-state index in [2.05, 4.69) is 46.1 Å². The number of aliphatic hydroxyl groups excluding tert-OH is 1. The molecule has 0 radical (unpaired) electrons. The molecule has 0 amide bonds. The Morgan fingerprint density at radius 2 is 2.04 bits per heavy atom. The lowest BCUT2D eigenvalue weighted by atomic mass is 10.2. The van der Waals surface area contributed by atoms with E-state index in [-0.39, 0.29) is 12.2 Å².